The molecule has 0 bridgehead atoms. The minimum absolute atomic E-state index is 0.120. The van der Waals surface area contributed by atoms with Crippen molar-refractivity contribution in [2.24, 2.45) is 0 Å². The predicted molar refractivity (Wildman–Crippen MR) is 60.6 cm³/mol. The minimum Gasteiger partial charge on any atom is -0.321 e. The Bertz CT molecular complexity index is 339. The molecule has 1 rings (SSSR count). The average Bonchev–Trinajstić information content (AvgIpc) is 2.21. The van der Waals surface area contributed by atoms with Crippen molar-refractivity contribution in [3.8, 4) is 0 Å². The van der Waals surface area contributed by atoms with Gasteiger partial charge in [-0.3, -0.25) is 4.79 Å². The zero-order valence-corrected chi connectivity index (χ0v) is 9.90. The highest BCUT2D eigenvalue weighted by Crippen LogP contribution is 2.25. The highest BCUT2D eigenvalue weighted by molar-refractivity contribution is 6.38. The molecule has 0 fully saturated rings. The lowest BCUT2D eigenvalue weighted by Crippen LogP contribution is -2.12. The zero-order chi connectivity index (χ0) is 11.3. The fraction of sp³-hybridized carbons (Fsp3) is 0.375. The lowest BCUT2D eigenvalue weighted by atomic mass is 10.3. The number of carbonyl (C=O) groups excluding carboxylic acids is 1. The van der Waals surface area contributed by atoms with Gasteiger partial charge in [0, 0.05) is 12.3 Å². The number of aromatic nitrogens is 2. The first-order chi connectivity index (χ1) is 7.15. The quantitative estimate of drug-likeness (QED) is 0.675. The van der Waals surface area contributed by atoms with Gasteiger partial charge in [-0.1, -0.05) is 23.2 Å². The molecule has 0 aliphatic carbocycles. The van der Waals surface area contributed by atoms with Crippen molar-refractivity contribution < 1.29 is 4.79 Å². The molecule has 1 aromatic heterocycles. The highest BCUT2D eigenvalue weighted by atomic mass is 35.5. The summed E-state index contributed by atoms with van der Waals surface area (Å²) in [5.74, 6) is 0.217. The van der Waals surface area contributed by atoms with Crippen LogP contribution >= 0.6 is 34.8 Å². The van der Waals surface area contributed by atoms with Crippen LogP contribution in [-0.2, 0) is 4.79 Å². The van der Waals surface area contributed by atoms with Crippen LogP contribution in [0.15, 0.2) is 6.33 Å². The summed E-state index contributed by atoms with van der Waals surface area (Å²) in [6.07, 6.45) is 2.13. The molecule has 0 atom stereocenters. The predicted octanol–water partition coefficient (Wildman–Crippen LogP) is 2.74. The SMILES string of the molecule is O=C(CCCCl)Nc1c(Cl)ncnc1Cl. The number of nitrogens with zero attached hydrogens (tertiary/aromatic N) is 2. The van der Waals surface area contributed by atoms with Crippen LogP contribution in [0.1, 0.15) is 12.8 Å². The van der Waals surface area contributed by atoms with E-state index >= 15 is 0 Å². The Kier molecular flexibility index (Phi) is 5.08. The van der Waals surface area contributed by atoms with Gasteiger partial charge in [-0.25, -0.2) is 9.97 Å². The molecule has 0 aliphatic rings. The van der Waals surface area contributed by atoms with Gasteiger partial charge in [-0.05, 0) is 6.42 Å². The van der Waals surface area contributed by atoms with Gasteiger partial charge in [-0.2, -0.15) is 0 Å². The number of nitrogens with one attached hydrogen (secondary N) is 1. The summed E-state index contributed by atoms with van der Waals surface area (Å²) in [6, 6.07) is 0. The van der Waals surface area contributed by atoms with Crippen LogP contribution in [0.4, 0.5) is 5.69 Å². The molecule has 1 heterocycles. The third-order valence-corrected chi connectivity index (χ3v) is 2.40. The summed E-state index contributed by atoms with van der Waals surface area (Å²) in [6.45, 7) is 0. The van der Waals surface area contributed by atoms with Crippen LogP contribution in [0.3, 0.4) is 0 Å². The maximum atomic E-state index is 11.3. The number of anilines is 1. The van der Waals surface area contributed by atoms with E-state index in [1.54, 1.807) is 0 Å². The summed E-state index contributed by atoms with van der Waals surface area (Å²) in [7, 11) is 0. The lowest BCUT2D eigenvalue weighted by Gasteiger charge is -2.06. The van der Waals surface area contributed by atoms with E-state index < -0.39 is 0 Å². The summed E-state index contributed by atoms with van der Waals surface area (Å²) in [4.78, 5) is 18.7. The van der Waals surface area contributed by atoms with Crippen LogP contribution in [0, 0.1) is 0 Å². The van der Waals surface area contributed by atoms with Gasteiger partial charge in [-0.15, -0.1) is 11.6 Å². The van der Waals surface area contributed by atoms with E-state index in [2.05, 4.69) is 15.3 Å². The molecule has 4 nitrogen and oxygen atoms in total. The number of hydrogen-bond donors (Lipinski definition) is 1. The Labute approximate surface area is 102 Å². The molecule has 0 aromatic carbocycles. The molecule has 15 heavy (non-hydrogen) atoms. The molecule has 0 saturated carbocycles. The van der Waals surface area contributed by atoms with E-state index in [4.69, 9.17) is 34.8 Å². The van der Waals surface area contributed by atoms with Crippen molar-refractivity contribution in [1.82, 2.24) is 9.97 Å². The molecule has 0 radical (unpaired) electrons. The first kappa shape index (κ1) is 12.5. The second kappa shape index (κ2) is 6.10. The molecule has 0 unspecified atom stereocenters. The van der Waals surface area contributed by atoms with Crippen molar-refractivity contribution in [1.29, 1.82) is 0 Å². The second-order valence-corrected chi connectivity index (χ2v) is 3.76. The van der Waals surface area contributed by atoms with Crippen LogP contribution in [0.2, 0.25) is 10.3 Å². The molecule has 7 heteroatoms. The van der Waals surface area contributed by atoms with E-state index in [0.717, 1.165) is 0 Å². The van der Waals surface area contributed by atoms with Crippen molar-refractivity contribution in [2.75, 3.05) is 11.2 Å². The average molecular weight is 269 g/mol. The number of hydrogen-bond acceptors (Lipinski definition) is 3. The number of carbonyl (C=O) groups is 1. The fourth-order valence-corrected chi connectivity index (χ4v) is 1.42. The van der Waals surface area contributed by atoms with E-state index in [9.17, 15) is 4.79 Å². The third kappa shape index (κ3) is 3.81. The first-order valence-corrected chi connectivity index (χ1v) is 5.46. The third-order valence-electron chi connectivity index (χ3n) is 1.56. The van der Waals surface area contributed by atoms with E-state index in [1.165, 1.54) is 6.33 Å². The molecule has 0 saturated heterocycles. The van der Waals surface area contributed by atoms with Crippen molar-refractivity contribution in [2.45, 2.75) is 12.8 Å². The largest absolute Gasteiger partial charge is 0.321 e. The Morgan fingerprint density at radius 1 is 1.33 bits per heavy atom. The molecule has 1 N–H and O–H groups in total. The molecule has 1 amide bonds. The molecule has 0 aliphatic heterocycles. The highest BCUT2D eigenvalue weighted by Gasteiger charge is 2.10. The minimum atomic E-state index is -0.214. The zero-order valence-electron chi connectivity index (χ0n) is 7.64. The molecule has 0 spiro atoms. The normalized spacial score (nSPS) is 10.1. The van der Waals surface area contributed by atoms with Gasteiger partial charge in [0.05, 0.1) is 0 Å². The second-order valence-electron chi connectivity index (χ2n) is 2.67. The topological polar surface area (TPSA) is 54.9 Å². The smallest absolute Gasteiger partial charge is 0.224 e. The van der Waals surface area contributed by atoms with Gasteiger partial charge >= 0.3 is 0 Å². The van der Waals surface area contributed by atoms with Gasteiger partial charge < -0.3 is 5.32 Å². The fourth-order valence-electron chi connectivity index (χ4n) is 0.877. The van der Waals surface area contributed by atoms with Gasteiger partial charge in [0.1, 0.15) is 12.0 Å². The van der Waals surface area contributed by atoms with Crippen LogP contribution in [0.5, 0.6) is 0 Å². The standard InChI is InChI=1S/C8H8Cl3N3O/c9-3-1-2-5(15)14-6-7(10)12-4-13-8(6)11/h4H,1-3H2,(H,14,15). The van der Waals surface area contributed by atoms with Crippen molar-refractivity contribution >= 4 is 46.4 Å². The monoisotopic (exact) mass is 267 g/mol. The molecule has 1 aromatic rings. The molecular weight excluding hydrogens is 260 g/mol. The summed E-state index contributed by atoms with van der Waals surface area (Å²) >= 11 is 16.9. The number of rotatable bonds is 4. The number of halogens is 3. The first-order valence-electron chi connectivity index (χ1n) is 4.17. The van der Waals surface area contributed by atoms with Crippen LogP contribution in [0.25, 0.3) is 0 Å². The Balaban J connectivity index is 2.68. The maximum absolute atomic E-state index is 11.3. The summed E-state index contributed by atoms with van der Waals surface area (Å²) < 4.78 is 0. The van der Waals surface area contributed by atoms with Crippen molar-refractivity contribution in [3.63, 3.8) is 0 Å². The number of amides is 1. The van der Waals surface area contributed by atoms with Crippen LogP contribution in [-0.4, -0.2) is 21.8 Å². The molecular formula is C8H8Cl3N3O. The van der Waals surface area contributed by atoms with E-state index in [1.807, 2.05) is 0 Å². The Morgan fingerprint density at radius 2 is 1.93 bits per heavy atom. The maximum Gasteiger partial charge on any atom is 0.224 e. The Hall–Kier alpha value is -0.580. The van der Waals surface area contributed by atoms with Gasteiger partial charge in [0.25, 0.3) is 0 Å². The Morgan fingerprint density at radius 3 is 2.47 bits per heavy atom. The lowest BCUT2D eigenvalue weighted by molar-refractivity contribution is -0.116. The van der Waals surface area contributed by atoms with E-state index in [-0.39, 0.29) is 21.9 Å². The molecule has 82 valence electrons. The number of alkyl halides is 1. The van der Waals surface area contributed by atoms with Gasteiger partial charge in [0.15, 0.2) is 10.3 Å². The summed E-state index contributed by atoms with van der Waals surface area (Å²) in [5.41, 5.74) is 0.236. The summed E-state index contributed by atoms with van der Waals surface area (Å²) in [5, 5.41) is 2.77. The van der Waals surface area contributed by atoms with Gasteiger partial charge in [0.2, 0.25) is 5.91 Å². The van der Waals surface area contributed by atoms with Crippen molar-refractivity contribution in [3.05, 3.63) is 16.6 Å². The van der Waals surface area contributed by atoms with E-state index in [0.29, 0.717) is 18.7 Å². The van der Waals surface area contributed by atoms with Crippen LogP contribution < -0.4 is 5.32 Å².